The number of halogens is 2. The van der Waals surface area contributed by atoms with Gasteiger partial charge < -0.3 is 15.4 Å². The van der Waals surface area contributed by atoms with E-state index in [0.717, 1.165) is 0 Å². The molecule has 0 aromatic heterocycles. The second kappa shape index (κ2) is 8.09. The lowest BCUT2D eigenvalue weighted by molar-refractivity contribution is -0.123. The zero-order chi connectivity index (χ0) is 14.3. The summed E-state index contributed by atoms with van der Waals surface area (Å²) in [5.41, 5.74) is 0.473. The van der Waals surface area contributed by atoms with Crippen molar-refractivity contribution in [2.24, 2.45) is 0 Å². The highest BCUT2D eigenvalue weighted by Crippen LogP contribution is 2.14. The minimum Gasteiger partial charge on any atom is -0.383 e. The van der Waals surface area contributed by atoms with Gasteiger partial charge in [0.05, 0.1) is 12.6 Å². The molecular weight excluding hydrogens is 271 g/mol. The second-order valence-electron chi connectivity index (χ2n) is 4.12. The summed E-state index contributed by atoms with van der Waals surface area (Å²) in [5.74, 6) is -0.529. The monoisotopic (exact) mass is 288 g/mol. The molecule has 106 valence electrons. The molecule has 1 aromatic carbocycles. The van der Waals surface area contributed by atoms with Gasteiger partial charge in [-0.2, -0.15) is 0 Å². The molecule has 4 nitrogen and oxygen atoms in total. The molecule has 0 bridgehead atoms. The molecule has 0 aliphatic carbocycles. The summed E-state index contributed by atoms with van der Waals surface area (Å²) in [4.78, 5) is 11.6. The van der Waals surface area contributed by atoms with Gasteiger partial charge in [-0.3, -0.25) is 4.79 Å². The van der Waals surface area contributed by atoms with Crippen molar-refractivity contribution in [3.8, 4) is 0 Å². The number of carbonyl (C=O) groups is 1. The zero-order valence-electron chi connectivity index (χ0n) is 11.0. The van der Waals surface area contributed by atoms with E-state index < -0.39 is 6.04 Å². The minimum atomic E-state index is -0.410. The first-order valence-electron chi connectivity index (χ1n) is 5.98. The number of benzene rings is 1. The Balaban J connectivity index is 2.40. The fourth-order valence-corrected chi connectivity index (χ4v) is 1.61. The Kier molecular flexibility index (Phi) is 6.77. The predicted octanol–water partition coefficient (Wildman–Crippen LogP) is 1.72. The van der Waals surface area contributed by atoms with Crippen molar-refractivity contribution in [2.45, 2.75) is 19.5 Å². The first-order valence-corrected chi connectivity index (χ1v) is 6.36. The Bertz CT molecular complexity index is 429. The van der Waals surface area contributed by atoms with Crippen molar-refractivity contribution in [3.05, 3.63) is 34.6 Å². The fraction of sp³-hybridized carbons (Fsp3) is 0.462. The normalized spacial score (nSPS) is 12.2. The number of methoxy groups -OCH3 is 1. The third kappa shape index (κ3) is 5.55. The highest BCUT2D eigenvalue weighted by molar-refractivity contribution is 6.30. The Morgan fingerprint density at radius 3 is 2.89 bits per heavy atom. The molecular formula is C13H18ClFN2O2. The van der Waals surface area contributed by atoms with E-state index in [-0.39, 0.29) is 18.3 Å². The van der Waals surface area contributed by atoms with Gasteiger partial charge in [-0.1, -0.05) is 17.7 Å². The molecule has 0 heterocycles. The molecule has 0 radical (unpaired) electrons. The predicted molar refractivity (Wildman–Crippen MR) is 72.6 cm³/mol. The smallest absolute Gasteiger partial charge is 0.236 e. The van der Waals surface area contributed by atoms with Crippen LogP contribution in [0.4, 0.5) is 4.39 Å². The minimum absolute atomic E-state index is 0.147. The van der Waals surface area contributed by atoms with Crippen molar-refractivity contribution in [1.82, 2.24) is 10.6 Å². The largest absolute Gasteiger partial charge is 0.383 e. The lowest BCUT2D eigenvalue weighted by Crippen LogP contribution is -2.42. The van der Waals surface area contributed by atoms with Gasteiger partial charge in [0.1, 0.15) is 5.82 Å². The molecule has 19 heavy (non-hydrogen) atoms. The lowest BCUT2D eigenvalue weighted by Gasteiger charge is -2.14. The van der Waals surface area contributed by atoms with Crippen LogP contribution in [0.2, 0.25) is 5.02 Å². The fourth-order valence-electron chi connectivity index (χ4n) is 1.45. The quantitative estimate of drug-likeness (QED) is 0.751. The number of nitrogens with one attached hydrogen (secondary N) is 2. The Morgan fingerprint density at radius 2 is 2.26 bits per heavy atom. The van der Waals surface area contributed by atoms with Gasteiger partial charge in [0.25, 0.3) is 0 Å². The number of hydrogen-bond acceptors (Lipinski definition) is 3. The topological polar surface area (TPSA) is 50.4 Å². The summed E-state index contributed by atoms with van der Waals surface area (Å²) in [5, 5.41) is 6.01. The molecule has 1 atom stereocenters. The van der Waals surface area contributed by atoms with E-state index in [2.05, 4.69) is 10.6 Å². The number of ether oxygens (including phenoxy) is 1. The highest BCUT2D eigenvalue weighted by Gasteiger charge is 2.12. The van der Waals surface area contributed by atoms with Gasteiger partial charge in [-0.05, 0) is 19.1 Å². The van der Waals surface area contributed by atoms with Gasteiger partial charge in [-0.25, -0.2) is 4.39 Å². The van der Waals surface area contributed by atoms with E-state index in [9.17, 15) is 9.18 Å². The molecule has 0 spiro atoms. The van der Waals surface area contributed by atoms with Crippen molar-refractivity contribution in [2.75, 3.05) is 20.3 Å². The average molecular weight is 289 g/mol. The first kappa shape index (κ1) is 15.9. The van der Waals surface area contributed by atoms with E-state index in [1.807, 2.05) is 0 Å². The van der Waals surface area contributed by atoms with Crippen LogP contribution in [0.5, 0.6) is 0 Å². The summed E-state index contributed by atoms with van der Waals surface area (Å²) in [6.45, 7) is 2.90. The van der Waals surface area contributed by atoms with Crippen LogP contribution in [-0.2, 0) is 16.1 Å². The van der Waals surface area contributed by atoms with E-state index in [0.29, 0.717) is 23.7 Å². The molecule has 0 saturated heterocycles. The van der Waals surface area contributed by atoms with Gasteiger partial charge in [0, 0.05) is 30.8 Å². The molecule has 6 heteroatoms. The van der Waals surface area contributed by atoms with Crippen molar-refractivity contribution in [3.63, 3.8) is 0 Å². The molecule has 0 aliphatic rings. The maximum absolute atomic E-state index is 13.5. The van der Waals surface area contributed by atoms with Gasteiger partial charge in [-0.15, -0.1) is 0 Å². The van der Waals surface area contributed by atoms with Crippen LogP contribution in [-0.4, -0.2) is 32.2 Å². The first-order chi connectivity index (χ1) is 9.04. The van der Waals surface area contributed by atoms with Crippen LogP contribution in [0.15, 0.2) is 18.2 Å². The lowest BCUT2D eigenvalue weighted by atomic mass is 10.2. The Hall–Kier alpha value is -1.17. The molecule has 0 saturated carbocycles. The summed E-state index contributed by atoms with van der Waals surface area (Å²) in [7, 11) is 1.57. The number of amides is 1. The third-order valence-electron chi connectivity index (χ3n) is 2.61. The van der Waals surface area contributed by atoms with Gasteiger partial charge in [0.15, 0.2) is 0 Å². The van der Waals surface area contributed by atoms with Crippen LogP contribution < -0.4 is 10.6 Å². The average Bonchev–Trinajstić information content (AvgIpc) is 2.37. The molecule has 1 aromatic rings. The van der Waals surface area contributed by atoms with Crippen molar-refractivity contribution < 1.29 is 13.9 Å². The Morgan fingerprint density at radius 1 is 1.53 bits per heavy atom. The standard InChI is InChI=1S/C13H18ClFN2O2/c1-9(13(18)16-5-6-19-2)17-8-10-3-4-11(14)7-12(10)15/h3-4,7,9,17H,5-6,8H2,1-2H3,(H,16,18). The molecule has 2 N–H and O–H groups in total. The van der Waals surface area contributed by atoms with Crippen molar-refractivity contribution in [1.29, 1.82) is 0 Å². The van der Waals surface area contributed by atoms with E-state index in [1.54, 1.807) is 26.2 Å². The van der Waals surface area contributed by atoms with E-state index >= 15 is 0 Å². The third-order valence-corrected chi connectivity index (χ3v) is 2.85. The number of hydrogen-bond donors (Lipinski definition) is 2. The maximum Gasteiger partial charge on any atom is 0.236 e. The van der Waals surface area contributed by atoms with Crippen LogP contribution in [0.3, 0.4) is 0 Å². The molecule has 1 rings (SSSR count). The summed E-state index contributed by atoms with van der Waals surface area (Å²) in [6, 6.07) is 4.06. The van der Waals surface area contributed by atoms with E-state index in [1.165, 1.54) is 6.07 Å². The van der Waals surface area contributed by atoms with Crippen molar-refractivity contribution >= 4 is 17.5 Å². The highest BCUT2D eigenvalue weighted by atomic mass is 35.5. The maximum atomic E-state index is 13.5. The van der Waals surface area contributed by atoms with Crippen LogP contribution in [0.25, 0.3) is 0 Å². The number of carbonyl (C=O) groups excluding carboxylic acids is 1. The molecule has 1 amide bonds. The van der Waals surface area contributed by atoms with Crippen LogP contribution in [0, 0.1) is 5.82 Å². The van der Waals surface area contributed by atoms with Crippen LogP contribution >= 0.6 is 11.6 Å². The van der Waals surface area contributed by atoms with Gasteiger partial charge >= 0.3 is 0 Å². The zero-order valence-corrected chi connectivity index (χ0v) is 11.8. The summed E-state index contributed by atoms with van der Waals surface area (Å²) in [6.07, 6.45) is 0. The molecule has 0 aliphatic heterocycles. The van der Waals surface area contributed by atoms with E-state index in [4.69, 9.17) is 16.3 Å². The molecule has 0 fully saturated rings. The van der Waals surface area contributed by atoms with Gasteiger partial charge in [0.2, 0.25) is 5.91 Å². The summed E-state index contributed by atoms with van der Waals surface area (Å²) >= 11 is 5.66. The summed E-state index contributed by atoms with van der Waals surface area (Å²) < 4.78 is 18.3. The Labute approximate surface area is 117 Å². The second-order valence-corrected chi connectivity index (χ2v) is 4.56. The SMILES string of the molecule is COCCNC(=O)C(C)NCc1ccc(Cl)cc1F. The van der Waals surface area contributed by atoms with Crippen LogP contribution in [0.1, 0.15) is 12.5 Å². The number of rotatable bonds is 7. The molecule has 1 unspecified atom stereocenters.